The zero-order valence-corrected chi connectivity index (χ0v) is 17.1. The molecular formula is C24H25N5. The van der Waals surface area contributed by atoms with E-state index in [0.29, 0.717) is 0 Å². The first kappa shape index (κ1) is 18.0. The maximum Gasteiger partial charge on any atom is 0.157 e. The van der Waals surface area contributed by atoms with Gasteiger partial charge in [0, 0.05) is 19.0 Å². The van der Waals surface area contributed by atoms with Crippen LogP contribution >= 0.6 is 0 Å². The Hall–Kier alpha value is -3.05. The van der Waals surface area contributed by atoms with E-state index >= 15 is 0 Å². The van der Waals surface area contributed by atoms with Crippen LogP contribution in [0, 0.1) is 34.0 Å². The van der Waals surface area contributed by atoms with E-state index in [2.05, 4.69) is 41.4 Å². The molecule has 2 aliphatic rings. The van der Waals surface area contributed by atoms with Crippen molar-refractivity contribution in [1.29, 1.82) is 10.5 Å². The summed E-state index contributed by atoms with van der Waals surface area (Å²) in [7, 11) is 0. The number of piperidine rings is 1. The Morgan fingerprint density at radius 2 is 1.86 bits per heavy atom. The molecule has 1 aliphatic heterocycles. The van der Waals surface area contributed by atoms with E-state index in [1.54, 1.807) is 0 Å². The lowest BCUT2D eigenvalue weighted by atomic mass is 9.73. The third-order valence-electron chi connectivity index (χ3n) is 6.73. The quantitative estimate of drug-likeness (QED) is 0.615. The molecule has 5 nitrogen and oxygen atoms in total. The van der Waals surface area contributed by atoms with Gasteiger partial charge in [-0.2, -0.15) is 10.5 Å². The smallest absolute Gasteiger partial charge is 0.157 e. The summed E-state index contributed by atoms with van der Waals surface area (Å²) < 4.78 is 2.22. The molecular weight excluding hydrogens is 358 g/mol. The lowest BCUT2D eigenvalue weighted by molar-refractivity contribution is 0.314. The number of aromatic nitrogens is 2. The number of hydrogen-bond donors (Lipinski definition) is 0. The second-order valence-electron chi connectivity index (χ2n) is 9.26. The first-order valence-electron chi connectivity index (χ1n) is 10.5. The highest BCUT2D eigenvalue weighted by Gasteiger charge is 2.34. The molecule has 1 aliphatic carbocycles. The Balaban J connectivity index is 1.84. The molecule has 1 saturated heterocycles. The van der Waals surface area contributed by atoms with Gasteiger partial charge < -0.3 is 4.90 Å². The SMILES string of the molecule is CC1(C)CCc2c(c(N3CCC(C#N)CC3)n3c(nc4ccccc43)c2C#N)C1. The number of para-hydroxylation sites is 2. The monoisotopic (exact) mass is 383 g/mol. The average molecular weight is 383 g/mol. The Morgan fingerprint density at radius 3 is 2.59 bits per heavy atom. The number of nitriles is 2. The molecule has 2 aromatic heterocycles. The summed E-state index contributed by atoms with van der Waals surface area (Å²) in [5.41, 5.74) is 6.22. The molecule has 0 radical (unpaired) electrons. The summed E-state index contributed by atoms with van der Waals surface area (Å²) in [5, 5.41) is 19.4. The van der Waals surface area contributed by atoms with Crippen molar-refractivity contribution in [3.63, 3.8) is 0 Å². The van der Waals surface area contributed by atoms with Gasteiger partial charge in [-0.1, -0.05) is 26.0 Å². The highest BCUT2D eigenvalue weighted by molar-refractivity contribution is 5.86. The maximum atomic E-state index is 10.1. The molecule has 0 spiro atoms. The molecule has 29 heavy (non-hydrogen) atoms. The van der Waals surface area contributed by atoms with Gasteiger partial charge in [0.2, 0.25) is 0 Å². The molecule has 0 bridgehead atoms. The predicted molar refractivity (Wildman–Crippen MR) is 114 cm³/mol. The van der Waals surface area contributed by atoms with Crippen molar-refractivity contribution in [2.24, 2.45) is 11.3 Å². The first-order chi connectivity index (χ1) is 14.0. The number of anilines is 1. The second kappa shape index (κ2) is 6.49. The number of pyridine rings is 1. The molecule has 0 unspecified atom stereocenters. The zero-order valence-electron chi connectivity index (χ0n) is 17.1. The largest absolute Gasteiger partial charge is 0.357 e. The van der Waals surface area contributed by atoms with Gasteiger partial charge in [-0.3, -0.25) is 4.40 Å². The Kier molecular flexibility index (Phi) is 4.03. The summed E-state index contributed by atoms with van der Waals surface area (Å²) >= 11 is 0. The van der Waals surface area contributed by atoms with E-state index in [1.807, 2.05) is 18.2 Å². The third-order valence-corrected chi connectivity index (χ3v) is 6.73. The highest BCUT2D eigenvalue weighted by atomic mass is 15.2. The Morgan fingerprint density at radius 1 is 1.10 bits per heavy atom. The average Bonchev–Trinajstić information content (AvgIpc) is 3.10. The fourth-order valence-corrected chi connectivity index (χ4v) is 5.13. The van der Waals surface area contributed by atoms with Crippen molar-refractivity contribution in [3.05, 3.63) is 41.0 Å². The van der Waals surface area contributed by atoms with Gasteiger partial charge in [-0.15, -0.1) is 0 Å². The normalized spacial score (nSPS) is 19.1. The standard InChI is InChI=1S/C24H25N5/c1-24(2)10-7-17-18(13-24)23(28-11-8-16(14-25)9-12-28)29-21-6-4-3-5-20(21)27-22(29)19(17)15-26/h3-6,16H,7-13H2,1-2H3. The van der Waals surface area contributed by atoms with Gasteiger partial charge in [-0.25, -0.2) is 4.98 Å². The molecule has 0 atom stereocenters. The Bertz CT molecular complexity index is 1200. The van der Waals surface area contributed by atoms with Crippen molar-refractivity contribution in [3.8, 4) is 12.1 Å². The van der Waals surface area contributed by atoms with Crippen molar-refractivity contribution in [2.75, 3.05) is 18.0 Å². The van der Waals surface area contributed by atoms with E-state index in [4.69, 9.17) is 4.98 Å². The fraction of sp³-hybridized carbons (Fsp3) is 0.458. The topological polar surface area (TPSA) is 68.1 Å². The van der Waals surface area contributed by atoms with Crippen LogP contribution < -0.4 is 4.90 Å². The van der Waals surface area contributed by atoms with Gasteiger partial charge in [0.05, 0.1) is 22.7 Å². The molecule has 1 aromatic carbocycles. The van der Waals surface area contributed by atoms with Crippen LogP contribution in [0.5, 0.6) is 0 Å². The van der Waals surface area contributed by atoms with Gasteiger partial charge in [-0.05, 0) is 60.8 Å². The van der Waals surface area contributed by atoms with Crippen molar-refractivity contribution in [2.45, 2.75) is 46.0 Å². The highest BCUT2D eigenvalue weighted by Crippen LogP contribution is 2.43. The number of fused-ring (bicyclic) bond motifs is 4. The van der Waals surface area contributed by atoms with Crippen molar-refractivity contribution >= 4 is 22.5 Å². The maximum absolute atomic E-state index is 10.1. The minimum atomic E-state index is 0.145. The number of imidazole rings is 1. The van der Waals surface area contributed by atoms with Gasteiger partial charge in [0.1, 0.15) is 11.9 Å². The number of benzene rings is 1. The molecule has 5 rings (SSSR count). The summed E-state index contributed by atoms with van der Waals surface area (Å²) in [4.78, 5) is 7.32. The van der Waals surface area contributed by atoms with Crippen LogP contribution in [0.3, 0.4) is 0 Å². The molecule has 1 fully saturated rings. The van der Waals surface area contributed by atoms with Crippen LogP contribution in [0.2, 0.25) is 0 Å². The summed E-state index contributed by atoms with van der Waals surface area (Å²) in [6, 6.07) is 13.1. The summed E-state index contributed by atoms with van der Waals surface area (Å²) in [6.45, 7) is 6.39. The Labute approximate surface area is 171 Å². The molecule has 0 saturated carbocycles. The number of rotatable bonds is 1. The van der Waals surface area contributed by atoms with Gasteiger partial charge in [0.25, 0.3) is 0 Å². The molecule has 146 valence electrons. The lowest BCUT2D eigenvalue weighted by Gasteiger charge is -2.38. The van der Waals surface area contributed by atoms with Crippen LogP contribution in [0.25, 0.3) is 16.7 Å². The van der Waals surface area contributed by atoms with E-state index in [0.717, 1.165) is 67.4 Å². The van der Waals surface area contributed by atoms with Crippen molar-refractivity contribution in [1.82, 2.24) is 9.38 Å². The van der Waals surface area contributed by atoms with Crippen LogP contribution in [0.15, 0.2) is 24.3 Å². The van der Waals surface area contributed by atoms with Crippen LogP contribution in [0.1, 0.15) is 49.8 Å². The molecule has 0 amide bonds. The minimum Gasteiger partial charge on any atom is -0.357 e. The van der Waals surface area contributed by atoms with E-state index in [-0.39, 0.29) is 11.3 Å². The molecule has 0 N–H and O–H groups in total. The lowest BCUT2D eigenvalue weighted by Crippen LogP contribution is -2.37. The summed E-state index contributed by atoms with van der Waals surface area (Å²) in [6.07, 6.45) is 4.76. The van der Waals surface area contributed by atoms with E-state index in [1.165, 1.54) is 16.9 Å². The first-order valence-corrected chi connectivity index (χ1v) is 10.5. The van der Waals surface area contributed by atoms with Crippen LogP contribution in [0.4, 0.5) is 5.82 Å². The van der Waals surface area contributed by atoms with E-state index < -0.39 is 0 Å². The second-order valence-corrected chi connectivity index (χ2v) is 9.26. The number of nitrogens with zero attached hydrogens (tertiary/aromatic N) is 5. The third kappa shape index (κ3) is 2.76. The van der Waals surface area contributed by atoms with Gasteiger partial charge >= 0.3 is 0 Å². The zero-order chi connectivity index (χ0) is 20.2. The number of hydrogen-bond acceptors (Lipinski definition) is 4. The predicted octanol–water partition coefficient (Wildman–Crippen LogP) is 4.61. The van der Waals surface area contributed by atoms with Crippen molar-refractivity contribution < 1.29 is 0 Å². The fourth-order valence-electron chi connectivity index (χ4n) is 5.13. The summed E-state index contributed by atoms with van der Waals surface area (Å²) in [5.74, 6) is 1.35. The van der Waals surface area contributed by atoms with E-state index in [9.17, 15) is 10.5 Å². The van der Waals surface area contributed by atoms with Gasteiger partial charge in [0.15, 0.2) is 5.65 Å². The molecule has 3 heterocycles. The molecule has 5 heteroatoms. The molecule has 3 aromatic rings. The van der Waals surface area contributed by atoms with Crippen LogP contribution in [-0.4, -0.2) is 22.5 Å². The minimum absolute atomic E-state index is 0.145. The van der Waals surface area contributed by atoms with Crippen LogP contribution in [-0.2, 0) is 12.8 Å².